The summed E-state index contributed by atoms with van der Waals surface area (Å²) in [5, 5.41) is -0.143. The van der Waals surface area contributed by atoms with E-state index >= 15 is 0 Å². The molecule has 0 heterocycles. The number of aldehydes is 1. The largest absolute Gasteiger partial charge is 0.298 e. The van der Waals surface area contributed by atoms with Gasteiger partial charge in [-0.2, -0.15) is 0 Å². The molecule has 0 N–H and O–H groups in total. The van der Waals surface area contributed by atoms with E-state index in [-0.39, 0.29) is 15.6 Å². The van der Waals surface area contributed by atoms with Crippen molar-refractivity contribution in [3.63, 3.8) is 0 Å². The number of carbonyl (C=O) groups excluding carboxylic acids is 1. The topological polar surface area (TPSA) is 51.2 Å². The van der Waals surface area contributed by atoms with Gasteiger partial charge in [-0.15, -0.1) is 0 Å². The summed E-state index contributed by atoms with van der Waals surface area (Å²) in [5.41, 5.74) is -0.228. The first kappa shape index (κ1) is 11.8. The van der Waals surface area contributed by atoms with E-state index in [9.17, 15) is 13.2 Å². The van der Waals surface area contributed by atoms with Gasteiger partial charge in [-0.05, 0) is 12.1 Å². The molecule has 0 radical (unpaired) electrons. The fourth-order valence-electron chi connectivity index (χ4n) is 0.907. The third kappa shape index (κ3) is 2.20. The monoisotopic (exact) mass is 272 g/mol. The highest BCUT2D eigenvalue weighted by Gasteiger charge is 2.21. The molecule has 0 unspecified atom stereocenters. The van der Waals surface area contributed by atoms with E-state index in [1.54, 1.807) is 0 Å². The lowest BCUT2D eigenvalue weighted by Crippen LogP contribution is -1.99. The second-order valence-electron chi connectivity index (χ2n) is 2.33. The van der Waals surface area contributed by atoms with Crippen molar-refractivity contribution >= 4 is 49.2 Å². The number of hydrogen-bond acceptors (Lipinski definition) is 3. The molecule has 7 heteroatoms. The second kappa shape index (κ2) is 4.06. The Labute approximate surface area is 95.0 Å². The van der Waals surface area contributed by atoms with Crippen LogP contribution in [-0.4, -0.2) is 14.7 Å². The molecule has 0 amide bonds. The van der Waals surface area contributed by atoms with Crippen molar-refractivity contribution in [1.29, 1.82) is 0 Å². The minimum Gasteiger partial charge on any atom is -0.298 e. The van der Waals surface area contributed by atoms with Crippen molar-refractivity contribution in [3.05, 3.63) is 27.7 Å². The highest BCUT2D eigenvalue weighted by molar-refractivity contribution is 8.13. The molecule has 1 aromatic carbocycles. The molecule has 1 aromatic rings. The van der Waals surface area contributed by atoms with E-state index in [0.29, 0.717) is 6.29 Å². The van der Waals surface area contributed by atoms with E-state index in [1.807, 2.05) is 0 Å². The van der Waals surface area contributed by atoms with Crippen LogP contribution >= 0.6 is 33.9 Å². The summed E-state index contributed by atoms with van der Waals surface area (Å²) in [7, 11) is 1.02. The Hall–Kier alpha value is -0.290. The van der Waals surface area contributed by atoms with Crippen molar-refractivity contribution in [3.8, 4) is 0 Å². The van der Waals surface area contributed by atoms with Gasteiger partial charge in [0.15, 0.2) is 6.29 Å². The molecule has 0 aliphatic heterocycles. The Kier molecular flexibility index (Phi) is 3.42. The van der Waals surface area contributed by atoms with E-state index < -0.39 is 13.9 Å². The molecular formula is C7H3Cl3O3S. The first-order valence-electron chi connectivity index (χ1n) is 3.25. The third-order valence-electron chi connectivity index (χ3n) is 1.46. The summed E-state index contributed by atoms with van der Waals surface area (Å²) in [5.74, 6) is 0. The molecule has 0 aliphatic carbocycles. The first-order chi connectivity index (χ1) is 6.38. The zero-order valence-electron chi connectivity index (χ0n) is 6.50. The number of benzene rings is 1. The summed E-state index contributed by atoms with van der Waals surface area (Å²) in [6.45, 7) is 0. The first-order valence-corrected chi connectivity index (χ1v) is 6.32. The maximum absolute atomic E-state index is 11.0. The van der Waals surface area contributed by atoms with Gasteiger partial charge >= 0.3 is 0 Å². The highest BCUT2D eigenvalue weighted by Crippen LogP contribution is 2.31. The van der Waals surface area contributed by atoms with Gasteiger partial charge in [-0.3, -0.25) is 4.79 Å². The van der Waals surface area contributed by atoms with Crippen LogP contribution in [0.2, 0.25) is 10.0 Å². The van der Waals surface area contributed by atoms with Gasteiger partial charge in [0.2, 0.25) is 0 Å². The molecule has 14 heavy (non-hydrogen) atoms. The zero-order chi connectivity index (χ0) is 10.9. The number of carbonyl (C=O) groups is 1. The molecule has 0 aliphatic rings. The lowest BCUT2D eigenvalue weighted by atomic mass is 10.2. The van der Waals surface area contributed by atoms with Crippen LogP contribution in [0.5, 0.6) is 0 Å². The minimum atomic E-state index is -4.07. The maximum Gasteiger partial charge on any atom is 0.263 e. The standard InChI is InChI=1S/C7H3Cl3O3S/c8-5-1-2-6(9)7(4(5)3-11)14(10,12)13/h1-3H. The normalized spacial score (nSPS) is 11.4. The second-order valence-corrected chi connectivity index (χ2v) is 5.64. The van der Waals surface area contributed by atoms with Crippen molar-refractivity contribution in [2.24, 2.45) is 0 Å². The Balaban J connectivity index is 3.71. The van der Waals surface area contributed by atoms with Crippen LogP contribution in [0.1, 0.15) is 10.4 Å². The quantitative estimate of drug-likeness (QED) is 0.615. The van der Waals surface area contributed by atoms with Crippen LogP contribution in [0.3, 0.4) is 0 Å². The summed E-state index contributed by atoms with van der Waals surface area (Å²) in [6.07, 6.45) is 0.295. The molecule has 0 spiro atoms. The van der Waals surface area contributed by atoms with Gasteiger partial charge < -0.3 is 0 Å². The van der Waals surface area contributed by atoms with Crippen molar-refractivity contribution in [1.82, 2.24) is 0 Å². The van der Waals surface area contributed by atoms with E-state index in [2.05, 4.69) is 0 Å². The predicted octanol–water partition coefficient (Wildman–Crippen LogP) is 2.73. The SMILES string of the molecule is O=Cc1c(Cl)ccc(Cl)c1S(=O)(=O)Cl. The van der Waals surface area contributed by atoms with E-state index in [0.717, 1.165) is 0 Å². The number of halogens is 3. The van der Waals surface area contributed by atoms with Crippen LogP contribution in [-0.2, 0) is 9.05 Å². The highest BCUT2D eigenvalue weighted by atomic mass is 35.7. The molecule has 0 bridgehead atoms. The maximum atomic E-state index is 11.0. The molecule has 0 aromatic heterocycles. The smallest absolute Gasteiger partial charge is 0.263 e. The predicted molar refractivity (Wildman–Crippen MR) is 54.9 cm³/mol. The number of hydrogen-bond donors (Lipinski definition) is 0. The van der Waals surface area contributed by atoms with Crippen LogP contribution in [0.4, 0.5) is 0 Å². The van der Waals surface area contributed by atoms with Crippen molar-refractivity contribution in [2.45, 2.75) is 4.90 Å². The van der Waals surface area contributed by atoms with E-state index in [1.165, 1.54) is 12.1 Å². The summed E-state index contributed by atoms with van der Waals surface area (Å²) in [6, 6.07) is 2.57. The molecule has 1 rings (SSSR count). The molecule has 0 saturated carbocycles. The summed E-state index contributed by atoms with van der Waals surface area (Å²) >= 11 is 11.2. The fraction of sp³-hybridized carbons (Fsp3) is 0. The molecular weight excluding hydrogens is 270 g/mol. The van der Waals surface area contributed by atoms with Crippen LogP contribution in [0, 0.1) is 0 Å². The minimum absolute atomic E-state index is 0.0105. The van der Waals surface area contributed by atoms with Gasteiger partial charge in [0.25, 0.3) is 9.05 Å². The third-order valence-corrected chi connectivity index (χ3v) is 3.60. The molecule has 3 nitrogen and oxygen atoms in total. The van der Waals surface area contributed by atoms with Crippen molar-refractivity contribution < 1.29 is 13.2 Å². The molecule has 0 saturated heterocycles. The van der Waals surface area contributed by atoms with Crippen LogP contribution in [0.15, 0.2) is 17.0 Å². The lowest BCUT2D eigenvalue weighted by Gasteiger charge is -2.04. The molecule has 76 valence electrons. The lowest BCUT2D eigenvalue weighted by molar-refractivity contribution is 0.112. The van der Waals surface area contributed by atoms with Crippen molar-refractivity contribution in [2.75, 3.05) is 0 Å². The van der Waals surface area contributed by atoms with Gasteiger partial charge in [-0.25, -0.2) is 8.42 Å². The Bertz CT molecular complexity index is 481. The van der Waals surface area contributed by atoms with Crippen LogP contribution in [0.25, 0.3) is 0 Å². The summed E-state index contributed by atoms with van der Waals surface area (Å²) in [4.78, 5) is 10.1. The number of rotatable bonds is 2. The van der Waals surface area contributed by atoms with Gasteiger partial charge in [0.05, 0.1) is 15.6 Å². The average Bonchev–Trinajstić information content (AvgIpc) is 2.06. The molecule has 0 fully saturated rings. The van der Waals surface area contributed by atoms with E-state index in [4.69, 9.17) is 33.9 Å². The Morgan fingerprint density at radius 3 is 2.00 bits per heavy atom. The van der Waals surface area contributed by atoms with Crippen LogP contribution < -0.4 is 0 Å². The van der Waals surface area contributed by atoms with Gasteiger partial charge in [0.1, 0.15) is 4.90 Å². The average molecular weight is 274 g/mol. The Morgan fingerprint density at radius 2 is 1.64 bits per heavy atom. The van der Waals surface area contributed by atoms with Gasteiger partial charge in [0, 0.05) is 10.7 Å². The summed E-state index contributed by atoms with van der Waals surface area (Å²) < 4.78 is 22.1. The zero-order valence-corrected chi connectivity index (χ0v) is 9.58. The fourth-order valence-corrected chi connectivity index (χ4v) is 2.97. The molecule has 0 atom stereocenters. The Morgan fingerprint density at radius 1 is 1.14 bits per heavy atom. The van der Waals surface area contributed by atoms with Gasteiger partial charge in [-0.1, -0.05) is 23.2 Å².